The Morgan fingerprint density at radius 2 is 1.68 bits per heavy atom. The quantitative estimate of drug-likeness (QED) is 0.0819. The van der Waals surface area contributed by atoms with Crippen LogP contribution in [0.3, 0.4) is 0 Å². The normalized spacial score (nSPS) is 15.5. The molecule has 57 heavy (non-hydrogen) atoms. The monoisotopic (exact) mass is 859 g/mol. The van der Waals surface area contributed by atoms with E-state index in [0.717, 1.165) is 31.5 Å². The fraction of sp³-hybridized carbons (Fsp3) is 0.500. The summed E-state index contributed by atoms with van der Waals surface area (Å²) in [4.78, 5) is 29.4. The number of benzene rings is 2. The summed E-state index contributed by atoms with van der Waals surface area (Å²) in [6.07, 6.45) is 2.36. The molecule has 2 fully saturated rings. The molecule has 312 valence electrons. The SMILES string of the molecule is CC(C)(C)OC(=O)N(Cc1cc(C(=O)OC(Cc2c(Cl)c[n+]([O-])cc2Cl)c2ccc(OC(F)F)c(OCC3CC3)c2)ccc1OCCN1CCOCC1)S(C)(=O)=O. The molecule has 1 amide bonds. The minimum Gasteiger partial charge on any atom is -0.619 e. The number of pyridine rings is 1. The highest BCUT2D eigenvalue weighted by Gasteiger charge is 2.31. The van der Waals surface area contributed by atoms with Crippen molar-refractivity contribution in [2.75, 3.05) is 52.3 Å². The first-order valence-corrected chi connectivity index (χ1v) is 20.7. The molecule has 0 radical (unpaired) electrons. The van der Waals surface area contributed by atoms with Crippen molar-refractivity contribution in [2.24, 2.45) is 5.92 Å². The van der Waals surface area contributed by atoms with Gasteiger partial charge in [-0.2, -0.15) is 17.8 Å². The number of hydrogen-bond acceptors (Lipinski definition) is 12. The van der Waals surface area contributed by atoms with Gasteiger partial charge >= 0.3 is 18.7 Å². The van der Waals surface area contributed by atoms with Gasteiger partial charge in [0.1, 0.15) is 34.1 Å². The molecule has 1 aromatic heterocycles. The van der Waals surface area contributed by atoms with E-state index in [1.54, 1.807) is 20.8 Å². The van der Waals surface area contributed by atoms with Gasteiger partial charge in [0.2, 0.25) is 10.0 Å². The molecule has 0 bridgehead atoms. The maximum atomic E-state index is 14.1. The van der Waals surface area contributed by atoms with Crippen LogP contribution in [0, 0.1) is 11.1 Å². The van der Waals surface area contributed by atoms with E-state index in [1.807, 2.05) is 0 Å². The number of aromatic nitrogens is 1. The van der Waals surface area contributed by atoms with Crippen LogP contribution in [0.15, 0.2) is 48.8 Å². The number of morpholine rings is 1. The van der Waals surface area contributed by atoms with Crippen LogP contribution < -0.4 is 18.9 Å². The molecule has 2 heterocycles. The second-order valence-electron chi connectivity index (χ2n) is 14.6. The molecule has 0 spiro atoms. The van der Waals surface area contributed by atoms with Crippen LogP contribution >= 0.6 is 23.2 Å². The molecule has 1 aliphatic heterocycles. The van der Waals surface area contributed by atoms with Crippen LogP contribution in [0.4, 0.5) is 13.6 Å². The summed E-state index contributed by atoms with van der Waals surface area (Å²) in [6.45, 7) is 4.62. The summed E-state index contributed by atoms with van der Waals surface area (Å²) in [6, 6.07) is 8.32. The largest absolute Gasteiger partial charge is 0.619 e. The Kier molecular flexibility index (Phi) is 14.7. The van der Waals surface area contributed by atoms with Crippen LogP contribution in [0.2, 0.25) is 10.0 Å². The van der Waals surface area contributed by atoms with Crippen molar-refractivity contribution in [3.05, 3.63) is 86.3 Å². The second kappa shape index (κ2) is 19.1. The Morgan fingerprint density at radius 1 is 1.02 bits per heavy atom. The highest BCUT2D eigenvalue weighted by Crippen LogP contribution is 2.38. The molecule has 1 saturated carbocycles. The lowest BCUT2D eigenvalue weighted by Crippen LogP contribution is -2.40. The van der Waals surface area contributed by atoms with E-state index in [9.17, 15) is 32.0 Å². The number of amides is 1. The predicted octanol–water partition coefficient (Wildman–Crippen LogP) is 6.57. The van der Waals surface area contributed by atoms with E-state index >= 15 is 0 Å². The maximum absolute atomic E-state index is 14.1. The van der Waals surface area contributed by atoms with Crippen LogP contribution in [-0.4, -0.2) is 94.2 Å². The van der Waals surface area contributed by atoms with Crippen molar-refractivity contribution in [1.82, 2.24) is 9.21 Å². The number of rotatable bonds is 17. The zero-order valence-corrected chi connectivity index (χ0v) is 34.2. The average Bonchev–Trinajstić information content (AvgIpc) is 3.95. The van der Waals surface area contributed by atoms with Gasteiger partial charge in [-0.3, -0.25) is 4.90 Å². The van der Waals surface area contributed by atoms with Gasteiger partial charge in [-0.1, -0.05) is 29.3 Å². The van der Waals surface area contributed by atoms with Gasteiger partial charge in [0.05, 0.1) is 38.2 Å². The topological polar surface area (TPSA) is 157 Å². The first-order chi connectivity index (χ1) is 26.9. The van der Waals surface area contributed by atoms with Crippen LogP contribution in [0.1, 0.15) is 66.8 Å². The van der Waals surface area contributed by atoms with Gasteiger partial charge < -0.3 is 33.6 Å². The zero-order valence-electron chi connectivity index (χ0n) is 31.9. The summed E-state index contributed by atoms with van der Waals surface area (Å²) in [5.41, 5.74) is -0.388. The van der Waals surface area contributed by atoms with Gasteiger partial charge in [-0.25, -0.2) is 18.0 Å². The van der Waals surface area contributed by atoms with Gasteiger partial charge in [-0.15, -0.1) is 0 Å². The minimum absolute atomic E-state index is 0.00715. The number of ether oxygens (including phenoxy) is 6. The van der Waals surface area contributed by atoms with Gasteiger partial charge in [0.25, 0.3) is 0 Å². The van der Waals surface area contributed by atoms with E-state index in [0.29, 0.717) is 47.4 Å². The minimum atomic E-state index is -4.20. The van der Waals surface area contributed by atoms with Crippen molar-refractivity contribution >= 4 is 45.3 Å². The number of hydrogen-bond donors (Lipinski definition) is 0. The van der Waals surface area contributed by atoms with Crippen molar-refractivity contribution in [3.63, 3.8) is 0 Å². The number of sulfonamides is 1. The molecule has 1 saturated heterocycles. The number of halogens is 4. The number of carbonyl (C=O) groups excluding carboxylic acids is 2. The highest BCUT2D eigenvalue weighted by atomic mass is 35.5. The van der Waals surface area contributed by atoms with E-state index in [2.05, 4.69) is 4.90 Å². The highest BCUT2D eigenvalue weighted by molar-refractivity contribution is 7.88. The lowest BCUT2D eigenvalue weighted by molar-refractivity contribution is -0.605. The molecule has 2 aliphatic rings. The Bertz CT molecular complexity index is 1990. The third-order valence-corrected chi connectivity index (χ3v) is 10.5. The Morgan fingerprint density at radius 3 is 2.30 bits per heavy atom. The molecule has 14 nitrogen and oxygen atoms in total. The van der Waals surface area contributed by atoms with E-state index in [4.69, 9.17) is 51.6 Å². The standard InChI is InChI=1S/C38H45Cl2F2N3O11S/c1-38(2,3)56-37(47)45(57(4,49)50)20-27-17-26(8-9-31(27)52-16-13-43-11-14-51-15-12-43)35(46)54-33(19-28-29(39)21-44(48)22-30(28)40)25-7-10-32(55-36(41)42)34(18-25)53-23-24-5-6-24/h7-10,17-18,21-22,24,33,36H,5-6,11-16,19-20,23H2,1-4H3. The van der Waals surface area contributed by atoms with Gasteiger partial charge in [0, 0.05) is 37.2 Å². The van der Waals surface area contributed by atoms with Gasteiger partial charge in [-0.05, 0) is 75.4 Å². The molecular weight excluding hydrogens is 815 g/mol. The molecule has 1 unspecified atom stereocenters. The smallest absolute Gasteiger partial charge is 0.424 e. The lowest BCUT2D eigenvalue weighted by Gasteiger charge is -2.27. The van der Waals surface area contributed by atoms with Gasteiger partial charge in [0.15, 0.2) is 23.9 Å². The molecular formula is C38H45Cl2F2N3O11S. The molecule has 3 aromatic rings. The number of esters is 1. The number of alkyl halides is 2. The molecule has 2 aromatic carbocycles. The third kappa shape index (κ3) is 13.2. The molecule has 1 atom stereocenters. The van der Waals surface area contributed by atoms with Crippen molar-refractivity contribution in [1.29, 1.82) is 0 Å². The van der Waals surface area contributed by atoms with E-state index < -0.39 is 46.9 Å². The summed E-state index contributed by atoms with van der Waals surface area (Å²) < 4.78 is 87.0. The second-order valence-corrected chi connectivity index (χ2v) is 17.3. The zero-order chi connectivity index (χ0) is 41.5. The van der Waals surface area contributed by atoms with E-state index in [-0.39, 0.29) is 69.5 Å². The lowest BCUT2D eigenvalue weighted by atomic mass is 10.0. The summed E-state index contributed by atoms with van der Waals surface area (Å²) in [7, 11) is -4.20. The molecule has 19 heteroatoms. The number of carbonyl (C=O) groups is 2. The van der Waals surface area contributed by atoms with Crippen molar-refractivity contribution < 1.29 is 59.9 Å². The van der Waals surface area contributed by atoms with E-state index in [1.165, 1.54) is 36.4 Å². The average molecular weight is 861 g/mol. The molecule has 0 N–H and O–H groups in total. The first-order valence-electron chi connectivity index (χ1n) is 18.1. The van der Waals surface area contributed by atoms with Crippen LogP contribution in [0.5, 0.6) is 17.2 Å². The van der Waals surface area contributed by atoms with Crippen LogP contribution in [-0.2, 0) is 37.2 Å². The molecule has 5 rings (SSSR count). The summed E-state index contributed by atoms with van der Waals surface area (Å²) in [5.74, 6) is -0.671. The molecule has 1 aliphatic carbocycles. The predicted molar refractivity (Wildman–Crippen MR) is 204 cm³/mol. The fourth-order valence-electron chi connectivity index (χ4n) is 5.72. The first kappa shape index (κ1) is 44.0. The summed E-state index contributed by atoms with van der Waals surface area (Å²) >= 11 is 12.8. The Hall–Kier alpha value is -4.16. The van der Waals surface area contributed by atoms with Crippen molar-refractivity contribution in [3.8, 4) is 17.2 Å². The number of nitrogens with zero attached hydrogens (tertiary/aromatic N) is 3. The van der Waals surface area contributed by atoms with Crippen molar-refractivity contribution in [2.45, 2.75) is 64.9 Å². The fourth-order valence-corrected chi connectivity index (χ4v) is 7.00. The van der Waals surface area contributed by atoms with Crippen LogP contribution in [0.25, 0.3) is 0 Å². The Labute approximate surface area is 340 Å². The maximum Gasteiger partial charge on any atom is 0.424 e. The third-order valence-electron chi connectivity index (χ3n) is 8.80. The Balaban J connectivity index is 1.50. The summed E-state index contributed by atoms with van der Waals surface area (Å²) in [5, 5.41) is 12.0.